The largest absolute Gasteiger partial charge is 0.335 e. The molecule has 0 atom stereocenters. The van der Waals surface area contributed by atoms with Crippen LogP contribution < -0.4 is 5.32 Å². The van der Waals surface area contributed by atoms with Crippen molar-refractivity contribution >= 4 is 23.4 Å². The molecule has 1 saturated heterocycles. The normalized spacial score (nSPS) is 14.0. The highest BCUT2D eigenvalue weighted by atomic mass is 19.1. The summed E-state index contributed by atoms with van der Waals surface area (Å²) in [5.74, 6) is -1.29. The Hall–Kier alpha value is -3.22. The molecule has 3 rings (SSSR count). The second-order valence-electron chi connectivity index (χ2n) is 6.33. The van der Waals surface area contributed by atoms with Crippen molar-refractivity contribution in [2.75, 3.05) is 31.5 Å². The van der Waals surface area contributed by atoms with Gasteiger partial charge in [0.1, 0.15) is 5.82 Å². The van der Waals surface area contributed by atoms with Gasteiger partial charge in [-0.2, -0.15) is 0 Å². The van der Waals surface area contributed by atoms with Gasteiger partial charge in [0, 0.05) is 44.4 Å². The van der Waals surface area contributed by atoms with Gasteiger partial charge in [-0.3, -0.25) is 14.4 Å². The molecule has 0 unspecified atom stereocenters. The van der Waals surface area contributed by atoms with Crippen LogP contribution in [0.15, 0.2) is 48.5 Å². The number of hydrogen-bond donors (Lipinski definition) is 1. The standard InChI is InChI=1S/C20H20FN3O3/c1-14(25)22-16-6-4-5-15(13-16)19(26)23-9-11-24(12-10-23)20(27)17-7-2-3-8-18(17)21/h2-8,13H,9-12H2,1H3,(H,22,25). The Morgan fingerprint density at radius 2 is 1.52 bits per heavy atom. The molecular formula is C20H20FN3O3. The number of rotatable bonds is 3. The molecule has 1 fully saturated rings. The molecule has 0 spiro atoms. The zero-order valence-electron chi connectivity index (χ0n) is 14.9. The SMILES string of the molecule is CC(=O)Nc1cccc(C(=O)N2CCN(C(=O)c3ccccc3F)CC2)c1. The minimum Gasteiger partial charge on any atom is -0.335 e. The van der Waals surface area contributed by atoms with E-state index < -0.39 is 5.82 Å². The molecule has 0 bridgehead atoms. The van der Waals surface area contributed by atoms with Crippen LogP contribution in [0.25, 0.3) is 0 Å². The van der Waals surface area contributed by atoms with Crippen LogP contribution in [0.1, 0.15) is 27.6 Å². The summed E-state index contributed by atoms with van der Waals surface area (Å²) < 4.78 is 13.8. The van der Waals surface area contributed by atoms with Crippen LogP contribution in [0.2, 0.25) is 0 Å². The van der Waals surface area contributed by atoms with E-state index in [-0.39, 0.29) is 23.3 Å². The lowest BCUT2D eigenvalue weighted by Gasteiger charge is -2.35. The predicted octanol–water partition coefficient (Wildman–Crippen LogP) is 2.38. The highest BCUT2D eigenvalue weighted by Gasteiger charge is 2.26. The number of nitrogens with zero attached hydrogens (tertiary/aromatic N) is 2. The third kappa shape index (κ3) is 4.31. The summed E-state index contributed by atoms with van der Waals surface area (Å²) in [5.41, 5.74) is 1.07. The maximum atomic E-state index is 13.8. The zero-order chi connectivity index (χ0) is 19.4. The Balaban J connectivity index is 1.64. The van der Waals surface area contributed by atoms with Crippen LogP contribution in [-0.2, 0) is 4.79 Å². The van der Waals surface area contributed by atoms with Crippen molar-refractivity contribution in [3.63, 3.8) is 0 Å². The quantitative estimate of drug-likeness (QED) is 0.903. The highest BCUT2D eigenvalue weighted by molar-refractivity contribution is 5.97. The van der Waals surface area contributed by atoms with E-state index in [2.05, 4.69) is 5.32 Å². The second kappa shape index (κ2) is 7.99. The maximum absolute atomic E-state index is 13.8. The van der Waals surface area contributed by atoms with Crippen LogP contribution in [0, 0.1) is 5.82 Å². The first-order valence-corrected chi connectivity index (χ1v) is 8.66. The number of benzene rings is 2. The molecule has 0 radical (unpaired) electrons. The average Bonchev–Trinajstić information content (AvgIpc) is 2.67. The van der Waals surface area contributed by atoms with Crippen molar-refractivity contribution < 1.29 is 18.8 Å². The molecule has 3 amide bonds. The fourth-order valence-corrected chi connectivity index (χ4v) is 3.03. The van der Waals surface area contributed by atoms with Crippen molar-refractivity contribution in [1.29, 1.82) is 0 Å². The summed E-state index contributed by atoms with van der Waals surface area (Å²) in [5, 5.41) is 2.65. The van der Waals surface area contributed by atoms with E-state index in [1.165, 1.54) is 25.1 Å². The van der Waals surface area contributed by atoms with Crippen molar-refractivity contribution in [1.82, 2.24) is 9.80 Å². The fourth-order valence-electron chi connectivity index (χ4n) is 3.03. The lowest BCUT2D eigenvalue weighted by Crippen LogP contribution is -2.50. The summed E-state index contributed by atoms with van der Waals surface area (Å²) >= 11 is 0. The van der Waals surface area contributed by atoms with Crippen molar-refractivity contribution in [2.24, 2.45) is 0 Å². The Kier molecular flexibility index (Phi) is 5.49. The predicted molar refractivity (Wildman–Crippen MR) is 99.0 cm³/mol. The van der Waals surface area contributed by atoms with Gasteiger partial charge in [0.2, 0.25) is 5.91 Å². The van der Waals surface area contributed by atoms with Gasteiger partial charge in [-0.1, -0.05) is 18.2 Å². The van der Waals surface area contributed by atoms with Crippen LogP contribution in [0.3, 0.4) is 0 Å². The number of anilines is 1. The Bertz CT molecular complexity index is 876. The lowest BCUT2D eigenvalue weighted by molar-refractivity contribution is -0.114. The van der Waals surface area contributed by atoms with E-state index in [4.69, 9.17) is 0 Å². The molecule has 0 aliphatic carbocycles. The molecule has 6 nitrogen and oxygen atoms in total. The number of nitrogens with one attached hydrogen (secondary N) is 1. The molecule has 1 aliphatic rings. The third-order valence-electron chi connectivity index (χ3n) is 4.39. The smallest absolute Gasteiger partial charge is 0.256 e. The molecule has 0 aromatic heterocycles. The summed E-state index contributed by atoms with van der Waals surface area (Å²) in [7, 11) is 0. The minimum absolute atomic E-state index is 0.0419. The van der Waals surface area contributed by atoms with E-state index in [0.29, 0.717) is 37.4 Å². The monoisotopic (exact) mass is 369 g/mol. The molecule has 2 aromatic rings. The van der Waals surface area contributed by atoms with Crippen LogP contribution in [0.5, 0.6) is 0 Å². The van der Waals surface area contributed by atoms with E-state index in [1.807, 2.05) is 0 Å². The van der Waals surface area contributed by atoms with Crippen LogP contribution >= 0.6 is 0 Å². The van der Waals surface area contributed by atoms with Crippen LogP contribution in [0.4, 0.5) is 10.1 Å². The molecule has 2 aromatic carbocycles. The van der Waals surface area contributed by atoms with Gasteiger partial charge in [-0.25, -0.2) is 4.39 Å². The van der Waals surface area contributed by atoms with Gasteiger partial charge >= 0.3 is 0 Å². The summed E-state index contributed by atoms with van der Waals surface area (Å²) in [4.78, 5) is 39.5. The number of carbonyl (C=O) groups is 3. The van der Waals surface area contributed by atoms with Gasteiger partial charge in [-0.05, 0) is 30.3 Å². The van der Waals surface area contributed by atoms with Gasteiger partial charge < -0.3 is 15.1 Å². The molecule has 1 N–H and O–H groups in total. The highest BCUT2D eigenvalue weighted by Crippen LogP contribution is 2.16. The molecule has 27 heavy (non-hydrogen) atoms. The zero-order valence-corrected chi connectivity index (χ0v) is 14.9. The van der Waals surface area contributed by atoms with E-state index in [9.17, 15) is 18.8 Å². The van der Waals surface area contributed by atoms with Gasteiger partial charge in [0.25, 0.3) is 11.8 Å². The first-order valence-electron chi connectivity index (χ1n) is 8.66. The van der Waals surface area contributed by atoms with Gasteiger partial charge in [-0.15, -0.1) is 0 Å². The molecule has 0 saturated carbocycles. The number of carbonyl (C=O) groups excluding carboxylic acids is 3. The fraction of sp³-hybridized carbons (Fsp3) is 0.250. The number of halogens is 1. The molecule has 7 heteroatoms. The van der Waals surface area contributed by atoms with Gasteiger partial charge in [0.05, 0.1) is 5.56 Å². The Morgan fingerprint density at radius 1 is 0.889 bits per heavy atom. The first-order chi connectivity index (χ1) is 13.0. The molecule has 140 valence electrons. The summed E-state index contributed by atoms with van der Waals surface area (Å²) in [6.45, 7) is 2.81. The third-order valence-corrected chi connectivity index (χ3v) is 4.39. The number of piperazine rings is 1. The van der Waals surface area contributed by atoms with Crippen LogP contribution in [-0.4, -0.2) is 53.7 Å². The number of hydrogen-bond acceptors (Lipinski definition) is 3. The van der Waals surface area contributed by atoms with E-state index >= 15 is 0 Å². The van der Waals surface area contributed by atoms with Gasteiger partial charge in [0.15, 0.2) is 0 Å². The minimum atomic E-state index is -0.546. The van der Waals surface area contributed by atoms with E-state index in [1.54, 1.807) is 40.1 Å². The molecule has 1 heterocycles. The van der Waals surface area contributed by atoms with E-state index in [0.717, 1.165) is 0 Å². The summed E-state index contributed by atoms with van der Waals surface area (Å²) in [6, 6.07) is 12.6. The van der Waals surface area contributed by atoms with Crippen molar-refractivity contribution in [2.45, 2.75) is 6.92 Å². The Morgan fingerprint density at radius 3 is 2.15 bits per heavy atom. The summed E-state index contributed by atoms with van der Waals surface area (Å²) in [6.07, 6.45) is 0. The van der Waals surface area contributed by atoms with Crippen molar-refractivity contribution in [3.8, 4) is 0 Å². The number of amides is 3. The first kappa shape index (κ1) is 18.6. The average molecular weight is 369 g/mol. The lowest BCUT2D eigenvalue weighted by atomic mass is 10.1. The second-order valence-corrected chi connectivity index (χ2v) is 6.33. The molecular weight excluding hydrogens is 349 g/mol. The maximum Gasteiger partial charge on any atom is 0.256 e. The van der Waals surface area contributed by atoms with Crippen molar-refractivity contribution in [3.05, 3.63) is 65.5 Å². The topological polar surface area (TPSA) is 69.7 Å². The Labute approximate surface area is 156 Å². The molecule has 1 aliphatic heterocycles.